The van der Waals surface area contributed by atoms with E-state index in [0.29, 0.717) is 6.42 Å². The molecule has 0 fully saturated rings. The monoisotopic (exact) mass is 364 g/mol. The fourth-order valence-corrected chi connectivity index (χ4v) is 15.3. The summed E-state index contributed by atoms with van der Waals surface area (Å²) in [6, 6.07) is 0. The first-order valence-corrected chi connectivity index (χ1v) is 15.1. The zero-order valence-corrected chi connectivity index (χ0v) is 15.7. The topological polar surface area (TPSA) is 26.3 Å². The van der Waals surface area contributed by atoms with Gasteiger partial charge in [-0.05, 0) is 0 Å². The summed E-state index contributed by atoms with van der Waals surface area (Å²) in [6.07, 6.45) is 7.52. The summed E-state index contributed by atoms with van der Waals surface area (Å²) in [4.78, 5) is 12.0. The fourth-order valence-electron chi connectivity index (χ4n) is 2.55. The maximum atomic E-state index is 12.0. The van der Waals surface area contributed by atoms with Crippen molar-refractivity contribution in [1.82, 2.24) is 0 Å². The summed E-state index contributed by atoms with van der Waals surface area (Å²) in [5, 5.41) is 0. The Morgan fingerprint density at radius 3 is 1.83 bits per heavy atom. The van der Waals surface area contributed by atoms with E-state index >= 15 is 0 Å². The van der Waals surface area contributed by atoms with Crippen molar-refractivity contribution in [3.05, 3.63) is 0 Å². The molecular weight excluding hydrogens is 331 g/mol. The predicted octanol–water partition coefficient (Wildman–Crippen LogP) is 5.29. The van der Waals surface area contributed by atoms with Gasteiger partial charge in [-0.25, -0.2) is 0 Å². The molecule has 0 bridgehead atoms. The Morgan fingerprint density at radius 2 is 1.39 bits per heavy atom. The van der Waals surface area contributed by atoms with Gasteiger partial charge in [-0.3, -0.25) is 0 Å². The SMILES string of the molecule is CCCCC(=O)[O][Sn]([CH2]CC)([CH2]CC)[CH2]CCC. The van der Waals surface area contributed by atoms with Crippen LogP contribution in [0.1, 0.15) is 72.6 Å². The van der Waals surface area contributed by atoms with E-state index in [1.165, 1.54) is 39.0 Å². The minimum absolute atomic E-state index is 0.102. The number of carbonyl (C=O) groups is 1. The fraction of sp³-hybridized carbons (Fsp3) is 0.933. The quantitative estimate of drug-likeness (QED) is 0.467. The number of hydrogen-bond acceptors (Lipinski definition) is 2. The van der Waals surface area contributed by atoms with E-state index in [9.17, 15) is 4.79 Å². The van der Waals surface area contributed by atoms with E-state index in [0.717, 1.165) is 12.8 Å². The van der Waals surface area contributed by atoms with E-state index in [4.69, 9.17) is 3.07 Å². The normalized spacial score (nSPS) is 11.6. The van der Waals surface area contributed by atoms with Gasteiger partial charge in [0.2, 0.25) is 0 Å². The van der Waals surface area contributed by atoms with Crippen LogP contribution in [0, 0.1) is 0 Å². The van der Waals surface area contributed by atoms with Gasteiger partial charge in [-0.2, -0.15) is 0 Å². The van der Waals surface area contributed by atoms with Crippen molar-refractivity contribution < 1.29 is 7.87 Å². The van der Waals surface area contributed by atoms with Crippen molar-refractivity contribution in [2.75, 3.05) is 0 Å². The molecule has 0 aliphatic carbocycles. The summed E-state index contributed by atoms with van der Waals surface area (Å²) in [5.74, 6) is 0.102. The zero-order chi connectivity index (χ0) is 13.9. The van der Waals surface area contributed by atoms with E-state index < -0.39 is 18.8 Å². The molecule has 0 saturated heterocycles. The van der Waals surface area contributed by atoms with Crippen LogP contribution in [0.2, 0.25) is 13.3 Å². The van der Waals surface area contributed by atoms with E-state index in [-0.39, 0.29) is 5.97 Å². The molecule has 0 rings (SSSR count). The summed E-state index contributed by atoms with van der Waals surface area (Å²) < 4.78 is 9.78. The molecule has 0 spiro atoms. The molecule has 108 valence electrons. The molecule has 0 aromatic carbocycles. The molecule has 0 aromatic heterocycles. The average molecular weight is 363 g/mol. The summed E-state index contributed by atoms with van der Waals surface area (Å²) >= 11 is -2.60. The van der Waals surface area contributed by atoms with Crippen LogP contribution in [0.15, 0.2) is 0 Å². The van der Waals surface area contributed by atoms with Crippen molar-refractivity contribution >= 4 is 24.8 Å². The Balaban J connectivity index is 4.52. The Labute approximate surface area is 118 Å². The van der Waals surface area contributed by atoms with Gasteiger partial charge in [-0.1, -0.05) is 0 Å². The zero-order valence-electron chi connectivity index (χ0n) is 12.9. The van der Waals surface area contributed by atoms with Crippen molar-refractivity contribution in [3.8, 4) is 0 Å². The van der Waals surface area contributed by atoms with Gasteiger partial charge in [0.15, 0.2) is 0 Å². The first-order valence-electron chi connectivity index (χ1n) is 7.86. The second kappa shape index (κ2) is 11.1. The second-order valence-corrected chi connectivity index (χ2v) is 17.0. The van der Waals surface area contributed by atoms with Gasteiger partial charge in [0.05, 0.1) is 0 Å². The third-order valence-electron chi connectivity index (χ3n) is 3.46. The van der Waals surface area contributed by atoms with Crippen LogP contribution in [-0.2, 0) is 7.87 Å². The third-order valence-corrected chi connectivity index (χ3v) is 17.0. The van der Waals surface area contributed by atoms with Gasteiger partial charge in [-0.15, -0.1) is 0 Å². The number of carbonyl (C=O) groups excluding carboxylic acids is 1. The van der Waals surface area contributed by atoms with Crippen LogP contribution in [-0.4, -0.2) is 24.8 Å². The Hall–Kier alpha value is 0.269. The number of hydrogen-bond donors (Lipinski definition) is 0. The molecule has 0 aromatic rings. The van der Waals surface area contributed by atoms with E-state index in [2.05, 4.69) is 27.7 Å². The molecular formula is C15H32O2Sn. The van der Waals surface area contributed by atoms with Crippen molar-refractivity contribution in [1.29, 1.82) is 0 Å². The molecule has 0 aliphatic rings. The second-order valence-electron chi connectivity index (χ2n) is 5.36. The van der Waals surface area contributed by atoms with Crippen molar-refractivity contribution in [3.63, 3.8) is 0 Å². The van der Waals surface area contributed by atoms with Gasteiger partial charge >= 0.3 is 119 Å². The third kappa shape index (κ3) is 7.65. The summed E-state index contributed by atoms with van der Waals surface area (Å²) in [7, 11) is 0. The van der Waals surface area contributed by atoms with Crippen LogP contribution in [0.5, 0.6) is 0 Å². The predicted molar refractivity (Wildman–Crippen MR) is 81.3 cm³/mol. The average Bonchev–Trinajstić information content (AvgIpc) is 2.34. The molecule has 2 nitrogen and oxygen atoms in total. The molecule has 3 heteroatoms. The summed E-state index contributed by atoms with van der Waals surface area (Å²) in [6.45, 7) is 8.81. The molecule has 0 N–H and O–H groups in total. The first kappa shape index (κ1) is 18.3. The van der Waals surface area contributed by atoms with Gasteiger partial charge in [0.1, 0.15) is 0 Å². The van der Waals surface area contributed by atoms with Crippen LogP contribution in [0.4, 0.5) is 0 Å². The Morgan fingerprint density at radius 1 is 0.833 bits per heavy atom. The van der Waals surface area contributed by atoms with Gasteiger partial charge in [0, 0.05) is 0 Å². The molecule has 18 heavy (non-hydrogen) atoms. The maximum absolute atomic E-state index is 12.0. The standard InChI is InChI=1S/C5H10O2.C4H9.2C3H7.Sn/c1-2-3-4-5(6)7;1-3-4-2;2*1-3-2;/h2-4H2,1H3,(H,6,7);1,3-4H2,2H3;2*1,3H2,2H3;/q;;;;+1/p-1. The molecule has 0 saturated carbocycles. The Bertz CT molecular complexity index is 211. The minimum atomic E-state index is -2.60. The van der Waals surface area contributed by atoms with E-state index in [1.54, 1.807) is 0 Å². The van der Waals surface area contributed by atoms with Crippen LogP contribution in [0.25, 0.3) is 0 Å². The Kier molecular flexibility index (Phi) is 11.3. The molecule has 0 aliphatic heterocycles. The van der Waals surface area contributed by atoms with Crippen LogP contribution < -0.4 is 0 Å². The number of unbranched alkanes of at least 4 members (excludes halogenated alkanes) is 2. The molecule has 0 atom stereocenters. The molecule has 0 radical (unpaired) electrons. The van der Waals surface area contributed by atoms with Crippen LogP contribution >= 0.6 is 0 Å². The van der Waals surface area contributed by atoms with Crippen molar-refractivity contribution in [2.24, 2.45) is 0 Å². The molecule has 0 amide bonds. The van der Waals surface area contributed by atoms with Crippen LogP contribution in [0.3, 0.4) is 0 Å². The van der Waals surface area contributed by atoms with Gasteiger partial charge in [0.25, 0.3) is 0 Å². The van der Waals surface area contributed by atoms with Crippen molar-refractivity contribution in [2.45, 2.75) is 86.0 Å². The summed E-state index contributed by atoms with van der Waals surface area (Å²) in [5.41, 5.74) is 0. The molecule has 0 heterocycles. The van der Waals surface area contributed by atoms with E-state index in [1.807, 2.05) is 0 Å². The first-order chi connectivity index (χ1) is 8.64. The van der Waals surface area contributed by atoms with Gasteiger partial charge < -0.3 is 0 Å². The number of rotatable bonds is 11. The molecule has 0 unspecified atom stereocenters.